The van der Waals surface area contributed by atoms with E-state index in [1.165, 1.54) is 7.11 Å². The van der Waals surface area contributed by atoms with Crippen molar-refractivity contribution >= 4 is 35.0 Å². The van der Waals surface area contributed by atoms with Crippen LogP contribution in [0.1, 0.15) is 20.3 Å². The van der Waals surface area contributed by atoms with Gasteiger partial charge in [0.25, 0.3) is 0 Å². The number of benzene rings is 1. The number of methoxy groups -OCH3 is 1. The molecule has 0 fully saturated rings. The van der Waals surface area contributed by atoms with E-state index in [0.717, 1.165) is 0 Å². The van der Waals surface area contributed by atoms with E-state index < -0.39 is 11.9 Å². The Kier molecular flexibility index (Phi) is 8.87. The van der Waals surface area contributed by atoms with E-state index in [0.29, 0.717) is 16.5 Å². The van der Waals surface area contributed by atoms with Crippen LogP contribution in [0.4, 0.5) is 5.69 Å². The molecule has 0 aliphatic rings. The van der Waals surface area contributed by atoms with Crippen LogP contribution in [-0.2, 0) is 14.4 Å². The number of hydrogen-bond donors (Lipinski definition) is 4. The van der Waals surface area contributed by atoms with Crippen LogP contribution < -0.4 is 26.4 Å². The van der Waals surface area contributed by atoms with Gasteiger partial charge in [-0.2, -0.15) is 0 Å². The molecule has 1 rings (SSSR count). The topological polar surface area (TPSA) is 123 Å². The summed E-state index contributed by atoms with van der Waals surface area (Å²) in [5, 5.41) is 8.14. The Morgan fingerprint density at radius 1 is 1.19 bits per heavy atom. The van der Waals surface area contributed by atoms with Crippen molar-refractivity contribution < 1.29 is 19.1 Å². The highest BCUT2D eigenvalue weighted by Gasteiger charge is 2.17. The van der Waals surface area contributed by atoms with Crippen molar-refractivity contribution in [1.29, 1.82) is 0 Å². The zero-order chi connectivity index (χ0) is 19.7. The first-order chi connectivity index (χ1) is 12.2. The Labute approximate surface area is 157 Å². The van der Waals surface area contributed by atoms with Gasteiger partial charge in [0.05, 0.1) is 25.4 Å². The summed E-state index contributed by atoms with van der Waals surface area (Å²) < 4.78 is 5.14. The van der Waals surface area contributed by atoms with Crippen molar-refractivity contribution in [3.63, 3.8) is 0 Å². The van der Waals surface area contributed by atoms with E-state index in [1.807, 2.05) is 13.8 Å². The van der Waals surface area contributed by atoms with Gasteiger partial charge < -0.3 is 26.4 Å². The summed E-state index contributed by atoms with van der Waals surface area (Å²) in [6.45, 7) is 3.57. The molecule has 1 aromatic carbocycles. The fourth-order valence-electron chi connectivity index (χ4n) is 1.96. The fraction of sp³-hybridized carbons (Fsp3) is 0.471. The Morgan fingerprint density at radius 2 is 1.88 bits per heavy atom. The number of ether oxygens (including phenoxy) is 1. The van der Waals surface area contributed by atoms with Gasteiger partial charge in [0.15, 0.2) is 0 Å². The summed E-state index contributed by atoms with van der Waals surface area (Å²) in [5.41, 5.74) is 6.13. The molecule has 3 amide bonds. The van der Waals surface area contributed by atoms with Crippen LogP contribution >= 0.6 is 11.6 Å². The van der Waals surface area contributed by atoms with E-state index in [4.69, 9.17) is 22.1 Å². The number of halogens is 1. The van der Waals surface area contributed by atoms with Crippen molar-refractivity contribution in [1.82, 2.24) is 10.6 Å². The van der Waals surface area contributed by atoms with Crippen LogP contribution in [0.5, 0.6) is 5.75 Å². The molecule has 0 aromatic heterocycles. The number of nitrogens with two attached hydrogens (primary N) is 1. The lowest BCUT2D eigenvalue weighted by Gasteiger charge is -2.15. The minimum absolute atomic E-state index is 0.0229. The maximum Gasteiger partial charge on any atom is 0.239 e. The predicted molar refractivity (Wildman–Crippen MR) is 100 cm³/mol. The lowest BCUT2D eigenvalue weighted by Crippen LogP contribution is -2.47. The number of amides is 3. The molecule has 0 unspecified atom stereocenters. The van der Waals surface area contributed by atoms with Crippen LogP contribution in [0.25, 0.3) is 0 Å². The van der Waals surface area contributed by atoms with Crippen molar-refractivity contribution in [3.8, 4) is 5.75 Å². The maximum absolute atomic E-state index is 12.0. The van der Waals surface area contributed by atoms with E-state index in [1.54, 1.807) is 18.2 Å². The average molecular weight is 385 g/mol. The van der Waals surface area contributed by atoms with Gasteiger partial charge in [-0.3, -0.25) is 14.4 Å². The van der Waals surface area contributed by atoms with Crippen LogP contribution in [0.15, 0.2) is 18.2 Å². The van der Waals surface area contributed by atoms with Crippen molar-refractivity contribution in [2.45, 2.75) is 26.3 Å². The van der Waals surface area contributed by atoms with E-state index in [-0.39, 0.29) is 37.2 Å². The number of anilines is 1. The van der Waals surface area contributed by atoms with Crippen LogP contribution in [0.2, 0.25) is 5.02 Å². The zero-order valence-corrected chi connectivity index (χ0v) is 15.9. The molecule has 8 nitrogen and oxygen atoms in total. The van der Waals surface area contributed by atoms with Gasteiger partial charge in [0.1, 0.15) is 5.75 Å². The second-order valence-corrected chi connectivity index (χ2v) is 6.42. The molecule has 0 heterocycles. The largest absolute Gasteiger partial charge is 0.495 e. The molecule has 0 aliphatic carbocycles. The summed E-state index contributed by atoms with van der Waals surface area (Å²) in [4.78, 5) is 35.3. The SMILES string of the molecule is COc1ccc(Cl)cc1NC(=O)CCNC(=O)CNC(=O)[C@@H](N)C(C)C. The van der Waals surface area contributed by atoms with Gasteiger partial charge in [-0.15, -0.1) is 0 Å². The molecule has 1 aromatic rings. The number of carbonyl (C=O) groups is 3. The summed E-state index contributed by atoms with van der Waals surface area (Å²) in [6, 6.07) is 4.20. The Hall–Kier alpha value is -2.32. The highest BCUT2D eigenvalue weighted by molar-refractivity contribution is 6.31. The molecule has 9 heteroatoms. The van der Waals surface area contributed by atoms with Gasteiger partial charge in [-0.05, 0) is 24.1 Å². The Balaban J connectivity index is 2.34. The molecule has 0 saturated carbocycles. The molecular weight excluding hydrogens is 360 g/mol. The number of nitrogens with one attached hydrogen (secondary N) is 3. The van der Waals surface area contributed by atoms with E-state index in [9.17, 15) is 14.4 Å². The first-order valence-corrected chi connectivity index (χ1v) is 8.55. The third-order valence-electron chi connectivity index (χ3n) is 3.55. The summed E-state index contributed by atoms with van der Waals surface area (Å²) in [5.74, 6) is -0.638. The first kappa shape index (κ1) is 21.7. The molecule has 144 valence electrons. The zero-order valence-electron chi connectivity index (χ0n) is 15.1. The quantitative estimate of drug-likeness (QED) is 0.503. The molecule has 0 aliphatic heterocycles. The third-order valence-corrected chi connectivity index (χ3v) is 3.79. The average Bonchev–Trinajstić information content (AvgIpc) is 2.59. The molecule has 5 N–H and O–H groups in total. The summed E-state index contributed by atoms with van der Waals surface area (Å²) in [6.07, 6.45) is 0.0564. The van der Waals surface area contributed by atoms with Gasteiger partial charge in [0, 0.05) is 18.0 Å². The lowest BCUT2D eigenvalue weighted by atomic mass is 10.1. The van der Waals surface area contributed by atoms with E-state index >= 15 is 0 Å². The maximum atomic E-state index is 12.0. The second kappa shape index (κ2) is 10.6. The second-order valence-electron chi connectivity index (χ2n) is 5.98. The Bertz CT molecular complexity index is 652. The van der Waals surface area contributed by atoms with Gasteiger partial charge in [-0.1, -0.05) is 25.4 Å². The van der Waals surface area contributed by atoms with Crippen LogP contribution in [0, 0.1) is 5.92 Å². The number of hydrogen-bond acceptors (Lipinski definition) is 5. The molecule has 1 atom stereocenters. The summed E-state index contributed by atoms with van der Waals surface area (Å²) >= 11 is 5.90. The standard InChI is InChI=1S/C17H25ClN4O4/c1-10(2)16(19)17(25)21-9-15(24)20-7-6-14(23)22-12-8-11(18)4-5-13(12)26-3/h4-5,8,10,16H,6-7,9,19H2,1-3H3,(H,20,24)(H,21,25)(H,22,23)/t16-/m0/s1. The number of rotatable bonds is 9. The molecule has 26 heavy (non-hydrogen) atoms. The fourth-order valence-corrected chi connectivity index (χ4v) is 2.13. The van der Waals surface area contributed by atoms with Gasteiger partial charge in [-0.25, -0.2) is 0 Å². The van der Waals surface area contributed by atoms with Gasteiger partial charge >= 0.3 is 0 Å². The normalized spacial score (nSPS) is 11.6. The van der Waals surface area contributed by atoms with Crippen LogP contribution in [-0.4, -0.2) is 44.0 Å². The van der Waals surface area contributed by atoms with Gasteiger partial charge in [0.2, 0.25) is 17.7 Å². The predicted octanol–water partition coefficient (Wildman–Crippen LogP) is 0.893. The molecule has 0 bridgehead atoms. The van der Waals surface area contributed by atoms with Crippen molar-refractivity contribution in [2.75, 3.05) is 25.5 Å². The van der Waals surface area contributed by atoms with Crippen molar-refractivity contribution in [2.24, 2.45) is 11.7 Å². The first-order valence-electron chi connectivity index (χ1n) is 8.18. The minimum atomic E-state index is -0.666. The monoisotopic (exact) mass is 384 g/mol. The molecule has 0 saturated heterocycles. The molecule has 0 spiro atoms. The highest BCUT2D eigenvalue weighted by atomic mass is 35.5. The smallest absolute Gasteiger partial charge is 0.239 e. The van der Waals surface area contributed by atoms with Crippen molar-refractivity contribution in [3.05, 3.63) is 23.2 Å². The third kappa shape index (κ3) is 7.28. The van der Waals surface area contributed by atoms with Crippen LogP contribution in [0.3, 0.4) is 0 Å². The summed E-state index contributed by atoms with van der Waals surface area (Å²) in [7, 11) is 1.48. The molecule has 0 radical (unpaired) electrons. The Morgan fingerprint density at radius 3 is 2.50 bits per heavy atom. The minimum Gasteiger partial charge on any atom is -0.495 e. The highest BCUT2D eigenvalue weighted by Crippen LogP contribution is 2.27. The lowest BCUT2D eigenvalue weighted by molar-refractivity contribution is -0.127. The number of carbonyl (C=O) groups excluding carboxylic acids is 3. The molecular formula is C17H25ClN4O4. The van der Waals surface area contributed by atoms with E-state index in [2.05, 4.69) is 16.0 Å².